The van der Waals surface area contributed by atoms with Crippen molar-refractivity contribution >= 4 is 21.8 Å². The Morgan fingerprint density at radius 3 is 2.62 bits per heavy atom. The number of hydrogen-bond donors (Lipinski definition) is 1. The Morgan fingerprint density at radius 1 is 1.38 bits per heavy atom. The molecule has 0 radical (unpaired) electrons. The van der Waals surface area contributed by atoms with E-state index in [1.807, 2.05) is 13.0 Å². The number of hydrogen-bond acceptors (Lipinski definition) is 2. The molecule has 3 nitrogen and oxygen atoms in total. The topological polar surface area (TPSA) is 42.2 Å². The van der Waals surface area contributed by atoms with Gasteiger partial charge in [-0.15, -0.1) is 0 Å². The van der Waals surface area contributed by atoms with E-state index in [1.165, 1.54) is 0 Å². The quantitative estimate of drug-likeness (QED) is 0.849. The normalized spacial score (nSPS) is 25.4. The maximum absolute atomic E-state index is 11.8. The minimum atomic E-state index is -0.0916. The summed E-state index contributed by atoms with van der Waals surface area (Å²) >= 11 is 3.60. The Morgan fingerprint density at radius 2 is 2.06 bits per heavy atom. The van der Waals surface area contributed by atoms with Gasteiger partial charge in [0, 0.05) is 10.9 Å². The molecule has 1 aromatic rings. The van der Waals surface area contributed by atoms with Crippen LogP contribution in [-0.4, -0.2) is 16.8 Å². The van der Waals surface area contributed by atoms with Crippen LogP contribution >= 0.6 is 15.9 Å². The molecule has 1 aliphatic carbocycles. The van der Waals surface area contributed by atoms with Gasteiger partial charge in [0.15, 0.2) is 5.76 Å². The van der Waals surface area contributed by atoms with E-state index < -0.39 is 0 Å². The number of nitrogens with one attached hydrogen (secondary N) is 1. The number of carbonyl (C=O) groups is 1. The highest BCUT2D eigenvalue weighted by Gasteiger charge is 2.21. The fourth-order valence-electron chi connectivity index (χ4n) is 2.01. The average Bonchev–Trinajstić information content (AvgIpc) is 2.68. The Hall–Kier alpha value is -0.770. The molecule has 1 saturated carbocycles. The van der Waals surface area contributed by atoms with Crippen LogP contribution < -0.4 is 5.32 Å². The Kier molecular flexibility index (Phi) is 3.69. The molecule has 0 aromatic carbocycles. The second-order valence-corrected chi connectivity index (χ2v) is 5.63. The van der Waals surface area contributed by atoms with Gasteiger partial charge in [-0.1, -0.05) is 15.9 Å². The second-order valence-electron chi connectivity index (χ2n) is 4.33. The zero-order valence-corrected chi connectivity index (χ0v) is 10.9. The van der Waals surface area contributed by atoms with Crippen molar-refractivity contribution < 1.29 is 9.21 Å². The molecule has 0 bridgehead atoms. The lowest BCUT2D eigenvalue weighted by Crippen LogP contribution is -2.37. The first-order valence-corrected chi connectivity index (χ1v) is 6.58. The summed E-state index contributed by atoms with van der Waals surface area (Å²) in [6.45, 7) is 1.84. The number of alkyl halides is 1. The van der Waals surface area contributed by atoms with Crippen LogP contribution in [0.5, 0.6) is 0 Å². The van der Waals surface area contributed by atoms with Gasteiger partial charge in [-0.25, -0.2) is 0 Å². The molecule has 2 rings (SSSR count). The zero-order chi connectivity index (χ0) is 11.5. The van der Waals surface area contributed by atoms with Gasteiger partial charge in [0.05, 0.1) is 0 Å². The first-order valence-electron chi connectivity index (χ1n) is 5.66. The lowest BCUT2D eigenvalue weighted by molar-refractivity contribution is 0.0899. The maximum atomic E-state index is 11.8. The van der Waals surface area contributed by atoms with E-state index in [9.17, 15) is 4.79 Å². The van der Waals surface area contributed by atoms with Gasteiger partial charge in [0.25, 0.3) is 5.91 Å². The average molecular weight is 286 g/mol. The first-order chi connectivity index (χ1) is 7.65. The summed E-state index contributed by atoms with van der Waals surface area (Å²) < 4.78 is 5.29. The van der Waals surface area contributed by atoms with Crippen molar-refractivity contribution in [2.24, 2.45) is 0 Å². The molecule has 0 atom stereocenters. The summed E-state index contributed by atoms with van der Waals surface area (Å²) in [4.78, 5) is 12.4. The molecular weight excluding hydrogens is 270 g/mol. The van der Waals surface area contributed by atoms with Crippen molar-refractivity contribution in [1.29, 1.82) is 0 Å². The highest BCUT2D eigenvalue weighted by Crippen LogP contribution is 2.24. The lowest BCUT2D eigenvalue weighted by atomic mass is 9.95. The summed E-state index contributed by atoms with van der Waals surface area (Å²) in [7, 11) is 0. The number of aryl methyl sites for hydroxylation is 1. The molecule has 1 N–H and O–H groups in total. The summed E-state index contributed by atoms with van der Waals surface area (Å²) in [5.74, 6) is 1.10. The van der Waals surface area contributed by atoms with Crippen molar-refractivity contribution in [3.63, 3.8) is 0 Å². The molecule has 4 heteroatoms. The molecule has 0 unspecified atom stereocenters. The Bertz CT molecular complexity index is 367. The monoisotopic (exact) mass is 285 g/mol. The van der Waals surface area contributed by atoms with Gasteiger partial charge in [-0.05, 0) is 44.7 Å². The van der Waals surface area contributed by atoms with Crippen LogP contribution in [0.15, 0.2) is 16.5 Å². The third-order valence-electron chi connectivity index (χ3n) is 2.96. The van der Waals surface area contributed by atoms with Crippen molar-refractivity contribution in [1.82, 2.24) is 5.32 Å². The number of halogens is 1. The van der Waals surface area contributed by atoms with E-state index >= 15 is 0 Å². The maximum Gasteiger partial charge on any atom is 0.287 e. The minimum absolute atomic E-state index is 0.0916. The van der Waals surface area contributed by atoms with Crippen LogP contribution in [0.4, 0.5) is 0 Å². The summed E-state index contributed by atoms with van der Waals surface area (Å²) in [6, 6.07) is 3.83. The number of furan rings is 1. The molecule has 0 spiro atoms. The van der Waals surface area contributed by atoms with Crippen LogP contribution in [0.1, 0.15) is 42.0 Å². The van der Waals surface area contributed by atoms with Crippen LogP contribution in [0.2, 0.25) is 0 Å². The summed E-state index contributed by atoms with van der Waals surface area (Å²) in [5, 5.41) is 3.02. The van der Waals surface area contributed by atoms with E-state index in [0.29, 0.717) is 16.6 Å². The molecule has 1 fully saturated rings. The zero-order valence-electron chi connectivity index (χ0n) is 9.33. The molecule has 88 valence electrons. The fraction of sp³-hybridized carbons (Fsp3) is 0.583. The molecule has 1 aliphatic rings. The molecule has 16 heavy (non-hydrogen) atoms. The van der Waals surface area contributed by atoms with Crippen molar-refractivity contribution in [3.05, 3.63) is 23.7 Å². The molecule has 0 aliphatic heterocycles. The largest absolute Gasteiger partial charge is 0.456 e. The van der Waals surface area contributed by atoms with E-state index in [0.717, 1.165) is 31.4 Å². The predicted octanol–water partition coefficient (Wildman–Crippen LogP) is 3.02. The van der Waals surface area contributed by atoms with Gasteiger partial charge in [0.1, 0.15) is 5.76 Å². The van der Waals surface area contributed by atoms with Crippen molar-refractivity contribution in [2.75, 3.05) is 0 Å². The van der Waals surface area contributed by atoms with Crippen molar-refractivity contribution in [2.45, 2.75) is 43.5 Å². The van der Waals surface area contributed by atoms with E-state index in [2.05, 4.69) is 21.2 Å². The van der Waals surface area contributed by atoms with Crippen molar-refractivity contribution in [3.8, 4) is 0 Å². The SMILES string of the molecule is Cc1ccc(C(=O)NC2CCC(Br)CC2)o1. The molecule has 0 saturated heterocycles. The predicted molar refractivity (Wildman–Crippen MR) is 65.9 cm³/mol. The van der Waals surface area contributed by atoms with E-state index in [4.69, 9.17) is 4.42 Å². The van der Waals surface area contributed by atoms with Gasteiger partial charge < -0.3 is 9.73 Å². The Labute approximate surface area is 104 Å². The van der Waals surface area contributed by atoms with Gasteiger partial charge in [-0.3, -0.25) is 4.79 Å². The first kappa shape index (κ1) is 11.7. The molecule has 1 aromatic heterocycles. The van der Waals surface area contributed by atoms with Gasteiger partial charge >= 0.3 is 0 Å². The van der Waals surface area contributed by atoms with Crippen LogP contribution in [0.3, 0.4) is 0 Å². The molecular formula is C12H16BrNO2. The minimum Gasteiger partial charge on any atom is -0.456 e. The molecule has 1 heterocycles. The highest BCUT2D eigenvalue weighted by molar-refractivity contribution is 9.09. The third-order valence-corrected chi connectivity index (χ3v) is 3.87. The number of amides is 1. The van der Waals surface area contributed by atoms with Gasteiger partial charge in [-0.2, -0.15) is 0 Å². The van der Waals surface area contributed by atoms with Crippen LogP contribution in [0, 0.1) is 6.92 Å². The number of rotatable bonds is 2. The lowest BCUT2D eigenvalue weighted by Gasteiger charge is -2.25. The third kappa shape index (κ3) is 2.88. The van der Waals surface area contributed by atoms with E-state index in [-0.39, 0.29) is 5.91 Å². The summed E-state index contributed by atoms with van der Waals surface area (Å²) in [6.07, 6.45) is 4.34. The standard InChI is InChI=1S/C12H16BrNO2/c1-8-2-7-11(16-8)12(15)14-10-5-3-9(13)4-6-10/h2,7,9-10H,3-6H2,1H3,(H,14,15). The summed E-state index contributed by atoms with van der Waals surface area (Å²) in [5.41, 5.74) is 0. The highest BCUT2D eigenvalue weighted by atomic mass is 79.9. The van der Waals surface area contributed by atoms with Crippen LogP contribution in [-0.2, 0) is 0 Å². The Balaban J connectivity index is 1.88. The number of carbonyl (C=O) groups excluding carboxylic acids is 1. The second kappa shape index (κ2) is 5.04. The smallest absolute Gasteiger partial charge is 0.287 e. The van der Waals surface area contributed by atoms with Gasteiger partial charge in [0.2, 0.25) is 0 Å². The van der Waals surface area contributed by atoms with Crippen LogP contribution in [0.25, 0.3) is 0 Å². The molecule has 1 amide bonds. The van der Waals surface area contributed by atoms with E-state index in [1.54, 1.807) is 6.07 Å². The fourth-order valence-corrected chi connectivity index (χ4v) is 2.54.